The van der Waals surface area contributed by atoms with E-state index in [-0.39, 0.29) is 0 Å². The van der Waals surface area contributed by atoms with Crippen LogP contribution in [0.1, 0.15) is 29.5 Å². The fourth-order valence-electron chi connectivity index (χ4n) is 2.80. The van der Waals surface area contributed by atoms with Gasteiger partial charge in [0.15, 0.2) is 0 Å². The van der Waals surface area contributed by atoms with Gasteiger partial charge >= 0.3 is 0 Å². The molecule has 0 spiro atoms. The van der Waals surface area contributed by atoms with Crippen molar-refractivity contribution in [2.45, 2.75) is 37.5 Å². The summed E-state index contributed by atoms with van der Waals surface area (Å²) in [5, 5.41) is 0.547. The zero-order chi connectivity index (χ0) is 15.7. The highest BCUT2D eigenvalue weighted by molar-refractivity contribution is 7.92. The van der Waals surface area contributed by atoms with Crippen molar-refractivity contribution in [3.05, 3.63) is 58.1 Å². The molecule has 0 aliphatic heterocycles. The van der Waals surface area contributed by atoms with Crippen LogP contribution in [0, 0.1) is 6.92 Å². The molecule has 0 saturated heterocycles. The summed E-state index contributed by atoms with van der Waals surface area (Å²) < 4.78 is 27.8. The van der Waals surface area contributed by atoms with E-state index in [4.69, 9.17) is 11.6 Å². The van der Waals surface area contributed by atoms with Crippen LogP contribution in [-0.4, -0.2) is 8.42 Å². The predicted molar refractivity (Wildman–Crippen MR) is 90.1 cm³/mol. The molecule has 0 fully saturated rings. The highest BCUT2D eigenvalue weighted by atomic mass is 35.5. The summed E-state index contributed by atoms with van der Waals surface area (Å²) in [5.74, 6) is 0. The van der Waals surface area contributed by atoms with Crippen molar-refractivity contribution in [2.24, 2.45) is 0 Å². The molecule has 1 N–H and O–H groups in total. The van der Waals surface area contributed by atoms with Gasteiger partial charge in [-0.1, -0.05) is 23.7 Å². The minimum atomic E-state index is -3.59. The van der Waals surface area contributed by atoms with E-state index < -0.39 is 10.0 Å². The van der Waals surface area contributed by atoms with Gasteiger partial charge in [0.1, 0.15) is 0 Å². The van der Waals surface area contributed by atoms with Gasteiger partial charge in [0.25, 0.3) is 10.0 Å². The molecule has 0 radical (unpaired) electrons. The van der Waals surface area contributed by atoms with Crippen molar-refractivity contribution >= 4 is 27.3 Å². The zero-order valence-corrected chi connectivity index (χ0v) is 14.0. The van der Waals surface area contributed by atoms with Crippen molar-refractivity contribution in [2.75, 3.05) is 4.72 Å². The standard InChI is InChI=1S/C17H18ClNO2S/c1-12-16(18)7-4-8-17(12)19-22(20,21)15-10-9-13-5-2-3-6-14(13)11-15/h4,7-11,19H,2-3,5-6H2,1H3. The Morgan fingerprint density at radius 2 is 1.77 bits per heavy atom. The van der Waals surface area contributed by atoms with Gasteiger partial charge in [0.05, 0.1) is 10.6 Å². The number of halogens is 1. The maximum Gasteiger partial charge on any atom is 0.261 e. The second-order valence-electron chi connectivity index (χ2n) is 5.66. The smallest absolute Gasteiger partial charge is 0.261 e. The van der Waals surface area contributed by atoms with E-state index in [1.54, 1.807) is 37.3 Å². The van der Waals surface area contributed by atoms with Gasteiger partial charge < -0.3 is 0 Å². The lowest BCUT2D eigenvalue weighted by atomic mass is 9.92. The number of rotatable bonds is 3. The molecule has 2 aromatic carbocycles. The second-order valence-corrected chi connectivity index (χ2v) is 7.75. The Bertz CT molecular complexity index is 815. The molecule has 1 aliphatic carbocycles. The number of fused-ring (bicyclic) bond motifs is 1. The molecule has 116 valence electrons. The van der Waals surface area contributed by atoms with Crippen molar-refractivity contribution in [3.63, 3.8) is 0 Å². The summed E-state index contributed by atoms with van der Waals surface area (Å²) in [4.78, 5) is 0.313. The maximum atomic E-state index is 12.6. The first-order valence-electron chi connectivity index (χ1n) is 7.37. The first kappa shape index (κ1) is 15.4. The SMILES string of the molecule is Cc1c(Cl)cccc1NS(=O)(=O)c1ccc2c(c1)CCCC2. The van der Waals surface area contributed by atoms with Gasteiger partial charge in [-0.3, -0.25) is 4.72 Å². The molecular weight excluding hydrogens is 318 g/mol. The topological polar surface area (TPSA) is 46.2 Å². The molecule has 2 aromatic rings. The van der Waals surface area contributed by atoms with Gasteiger partial charge in [-0.15, -0.1) is 0 Å². The first-order chi connectivity index (χ1) is 10.5. The van der Waals surface area contributed by atoms with E-state index in [1.165, 1.54) is 12.0 Å². The van der Waals surface area contributed by atoms with Crippen LogP contribution in [0.2, 0.25) is 5.02 Å². The second kappa shape index (κ2) is 5.94. The van der Waals surface area contributed by atoms with E-state index >= 15 is 0 Å². The number of anilines is 1. The van der Waals surface area contributed by atoms with Gasteiger partial charge in [-0.05, 0) is 73.6 Å². The van der Waals surface area contributed by atoms with Gasteiger partial charge in [0.2, 0.25) is 0 Å². The van der Waals surface area contributed by atoms with Crippen molar-refractivity contribution < 1.29 is 8.42 Å². The summed E-state index contributed by atoms with van der Waals surface area (Å²) in [7, 11) is -3.59. The van der Waals surface area contributed by atoms with Crippen molar-refractivity contribution in [3.8, 4) is 0 Å². The molecule has 3 nitrogen and oxygen atoms in total. The van der Waals surface area contributed by atoms with Crippen LogP contribution in [-0.2, 0) is 22.9 Å². The number of benzene rings is 2. The molecule has 0 amide bonds. The average molecular weight is 336 g/mol. The van der Waals surface area contributed by atoms with Crippen LogP contribution in [0.3, 0.4) is 0 Å². The van der Waals surface area contributed by atoms with E-state index in [0.717, 1.165) is 30.4 Å². The maximum absolute atomic E-state index is 12.6. The predicted octanol–water partition coefficient (Wildman–Crippen LogP) is 4.33. The fourth-order valence-corrected chi connectivity index (χ4v) is 4.15. The van der Waals surface area contributed by atoms with Crippen LogP contribution in [0.4, 0.5) is 5.69 Å². The van der Waals surface area contributed by atoms with Gasteiger partial charge in [-0.25, -0.2) is 8.42 Å². The van der Waals surface area contributed by atoms with Gasteiger partial charge in [0, 0.05) is 5.02 Å². The van der Waals surface area contributed by atoms with Crippen LogP contribution < -0.4 is 4.72 Å². The van der Waals surface area contributed by atoms with E-state index in [1.807, 2.05) is 6.07 Å². The van der Waals surface area contributed by atoms with Crippen LogP contribution >= 0.6 is 11.6 Å². The Labute approximate surface area is 136 Å². The molecule has 0 unspecified atom stereocenters. The molecule has 0 atom stereocenters. The monoisotopic (exact) mass is 335 g/mol. The molecule has 0 aromatic heterocycles. The Hall–Kier alpha value is -1.52. The quantitative estimate of drug-likeness (QED) is 0.907. The lowest BCUT2D eigenvalue weighted by Crippen LogP contribution is -2.15. The summed E-state index contributed by atoms with van der Waals surface area (Å²) in [6.07, 6.45) is 4.29. The van der Waals surface area contributed by atoms with Crippen LogP contribution in [0.15, 0.2) is 41.3 Å². The lowest BCUT2D eigenvalue weighted by molar-refractivity contribution is 0.600. The highest BCUT2D eigenvalue weighted by Crippen LogP contribution is 2.28. The summed E-state index contributed by atoms with van der Waals surface area (Å²) in [5.41, 5.74) is 3.66. The normalized spacial score (nSPS) is 14.5. The molecule has 0 heterocycles. The number of nitrogens with one attached hydrogen (secondary N) is 1. The Balaban J connectivity index is 1.94. The minimum Gasteiger partial charge on any atom is -0.279 e. The van der Waals surface area contributed by atoms with Crippen molar-refractivity contribution in [1.29, 1.82) is 0 Å². The number of hydrogen-bond donors (Lipinski definition) is 1. The Kier molecular flexibility index (Phi) is 4.15. The zero-order valence-electron chi connectivity index (χ0n) is 12.4. The number of sulfonamides is 1. The minimum absolute atomic E-state index is 0.313. The van der Waals surface area contributed by atoms with Crippen LogP contribution in [0.5, 0.6) is 0 Å². The molecule has 5 heteroatoms. The van der Waals surface area contributed by atoms with Gasteiger partial charge in [-0.2, -0.15) is 0 Å². The third kappa shape index (κ3) is 2.99. The molecule has 1 aliphatic rings. The largest absolute Gasteiger partial charge is 0.279 e. The molecular formula is C17H18ClNO2S. The molecule has 0 saturated carbocycles. The van der Waals surface area contributed by atoms with E-state index in [2.05, 4.69) is 4.72 Å². The Morgan fingerprint density at radius 3 is 2.55 bits per heavy atom. The summed E-state index contributed by atoms with van der Waals surface area (Å²) in [6.45, 7) is 1.80. The summed E-state index contributed by atoms with van der Waals surface area (Å²) >= 11 is 6.05. The Morgan fingerprint density at radius 1 is 1.05 bits per heavy atom. The third-order valence-electron chi connectivity index (χ3n) is 4.14. The number of aryl methyl sites for hydroxylation is 2. The van der Waals surface area contributed by atoms with E-state index in [0.29, 0.717) is 15.6 Å². The molecule has 22 heavy (non-hydrogen) atoms. The highest BCUT2D eigenvalue weighted by Gasteiger charge is 2.18. The lowest BCUT2D eigenvalue weighted by Gasteiger charge is -2.17. The average Bonchev–Trinajstić information content (AvgIpc) is 2.51. The fraction of sp³-hybridized carbons (Fsp3) is 0.294. The molecule has 0 bridgehead atoms. The number of hydrogen-bond acceptors (Lipinski definition) is 2. The van der Waals surface area contributed by atoms with Crippen LogP contribution in [0.25, 0.3) is 0 Å². The first-order valence-corrected chi connectivity index (χ1v) is 9.23. The summed E-state index contributed by atoms with van der Waals surface area (Å²) in [6, 6.07) is 10.6. The van der Waals surface area contributed by atoms with E-state index in [9.17, 15) is 8.42 Å². The van der Waals surface area contributed by atoms with Crippen molar-refractivity contribution in [1.82, 2.24) is 0 Å². The molecule has 3 rings (SSSR count). The third-order valence-corrected chi connectivity index (χ3v) is 5.91.